The third-order valence-corrected chi connectivity index (χ3v) is 5.04. The zero-order chi connectivity index (χ0) is 12.0. The molecule has 1 nitrogen and oxygen atoms in total. The van der Waals surface area contributed by atoms with Gasteiger partial charge < -0.3 is 4.79 Å². The van der Waals surface area contributed by atoms with Crippen LogP contribution in [-0.4, -0.2) is 6.29 Å². The summed E-state index contributed by atoms with van der Waals surface area (Å²) in [7, 11) is 0. The Balaban J connectivity index is 2.42. The van der Waals surface area contributed by atoms with E-state index in [0.29, 0.717) is 11.8 Å². The Morgan fingerprint density at radius 2 is 2.19 bits per heavy atom. The monoisotopic (exact) mass is 218 g/mol. The number of fused-ring (bicyclic) bond motifs is 2. The maximum atomic E-state index is 11.3. The molecule has 4 unspecified atom stereocenters. The van der Waals surface area contributed by atoms with Crippen molar-refractivity contribution in [3.05, 3.63) is 24.3 Å². The number of carbonyl (C=O) groups excluding carboxylic acids is 1. The number of aldehydes is 1. The van der Waals surface area contributed by atoms with Crippen LogP contribution in [0.2, 0.25) is 0 Å². The van der Waals surface area contributed by atoms with Gasteiger partial charge in [0.25, 0.3) is 0 Å². The molecule has 0 aliphatic heterocycles. The third-order valence-electron chi connectivity index (χ3n) is 5.04. The van der Waals surface area contributed by atoms with Gasteiger partial charge in [-0.2, -0.15) is 0 Å². The van der Waals surface area contributed by atoms with Crippen molar-refractivity contribution in [2.75, 3.05) is 0 Å². The molecule has 1 saturated carbocycles. The molecule has 4 atom stereocenters. The van der Waals surface area contributed by atoms with Gasteiger partial charge in [0.15, 0.2) is 0 Å². The fourth-order valence-corrected chi connectivity index (χ4v) is 3.69. The summed E-state index contributed by atoms with van der Waals surface area (Å²) in [4.78, 5) is 11.3. The number of rotatable bonds is 2. The molecular formula is C15H22O. The lowest BCUT2D eigenvalue weighted by Crippen LogP contribution is -2.43. The molecule has 0 radical (unpaired) electrons. The van der Waals surface area contributed by atoms with Crippen LogP contribution in [0.4, 0.5) is 0 Å². The molecule has 0 N–H and O–H groups in total. The van der Waals surface area contributed by atoms with E-state index in [0.717, 1.165) is 19.1 Å². The van der Waals surface area contributed by atoms with E-state index in [2.05, 4.69) is 39.5 Å². The van der Waals surface area contributed by atoms with Gasteiger partial charge in [0.05, 0.1) is 0 Å². The minimum Gasteiger partial charge on any atom is -0.302 e. The zero-order valence-electron chi connectivity index (χ0n) is 10.6. The van der Waals surface area contributed by atoms with Crippen molar-refractivity contribution in [1.82, 2.24) is 0 Å². The van der Waals surface area contributed by atoms with Crippen LogP contribution in [0.15, 0.2) is 24.3 Å². The van der Waals surface area contributed by atoms with Gasteiger partial charge in [-0.1, -0.05) is 24.6 Å². The van der Waals surface area contributed by atoms with Gasteiger partial charge in [-0.15, -0.1) is 6.58 Å². The largest absolute Gasteiger partial charge is 0.302 e. The second-order valence-corrected chi connectivity index (χ2v) is 6.11. The molecule has 0 aromatic heterocycles. The molecule has 0 amide bonds. The smallest absolute Gasteiger partial charge is 0.129 e. The Labute approximate surface area is 98.6 Å². The van der Waals surface area contributed by atoms with Crippen LogP contribution < -0.4 is 0 Å². The molecule has 1 fully saturated rings. The molecule has 0 heterocycles. The first-order valence-electron chi connectivity index (χ1n) is 6.24. The Morgan fingerprint density at radius 3 is 2.75 bits per heavy atom. The highest BCUT2D eigenvalue weighted by Gasteiger charge is 2.47. The first-order chi connectivity index (χ1) is 7.45. The highest BCUT2D eigenvalue weighted by molar-refractivity contribution is 5.64. The first kappa shape index (κ1) is 11.6. The van der Waals surface area contributed by atoms with Crippen LogP contribution in [0.5, 0.6) is 0 Å². The van der Waals surface area contributed by atoms with Crippen molar-refractivity contribution in [2.45, 2.75) is 40.0 Å². The lowest BCUT2D eigenvalue weighted by atomic mass is 9.53. The molecule has 0 spiro atoms. The maximum Gasteiger partial charge on any atom is 0.129 e. The zero-order valence-corrected chi connectivity index (χ0v) is 10.6. The highest BCUT2D eigenvalue weighted by Crippen LogP contribution is 2.55. The summed E-state index contributed by atoms with van der Waals surface area (Å²) in [5.74, 6) is 1.13. The van der Waals surface area contributed by atoms with Crippen molar-refractivity contribution in [1.29, 1.82) is 0 Å². The Morgan fingerprint density at radius 1 is 1.50 bits per heavy atom. The fraction of sp³-hybridized carbons (Fsp3) is 0.667. The van der Waals surface area contributed by atoms with Crippen LogP contribution in [-0.2, 0) is 4.79 Å². The van der Waals surface area contributed by atoms with Crippen molar-refractivity contribution in [3.8, 4) is 0 Å². The Kier molecular flexibility index (Phi) is 2.60. The lowest BCUT2D eigenvalue weighted by Gasteiger charge is -2.50. The van der Waals surface area contributed by atoms with Gasteiger partial charge in [-0.25, -0.2) is 0 Å². The Hall–Kier alpha value is -0.850. The van der Waals surface area contributed by atoms with Crippen LogP contribution in [0.1, 0.15) is 40.0 Å². The van der Waals surface area contributed by atoms with E-state index in [1.54, 1.807) is 0 Å². The van der Waals surface area contributed by atoms with Crippen molar-refractivity contribution in [2.24, 2.45) is 22.7 Å². The molecule has 2 bridgehead atoms. The van der Waals surface area contributed by atoms with E-state index in [9.17, 15) is 4.79 Å². The predicted octanol–water partition coefficient (Wildman–Crippen LogP) is 3.76. The second kappa shape index (κ2) is 3.58. The van der Waals surface area contributed by atoms with E-state index in [1.807, 2.05) is 0 Å². The van der Waals surface area contributed by atoms with Gasteiger partial charge in [0, 0.05) is 5.41 Å². The van der Waals surface area contributed by atoms with E-state index in [-0.39, 0.29) is 10.8 Å². The maximum absolute atomic E-state index is 11.3. The van der Waals surface area contributed by atoms with E-state index in [1.165, 1.54) is 12.0 Å². The number of allylic oxidation sites excluding steroid dienone is 3. The van der Waals surface area contributed by atoms with Gasteiger partial charge in [0.2, 0.25) is 0 Å². The molecule has 2 aliphatic rings. The molecule has 88 valence electrons. The molecular weight excluding hydrogens is 196 g/mol. The number of carbonyl (C=O) groups is 1. The summed E-state index contributed by atoms with van der Waals surface area (Å²) < 4.78 is 0. The normalized spacial score (nSPS) is 47.1. The van der Waals surface area contributed by atoms with E-state index in [4.69, 9.17) is 0 Å². The average molecular weight is 218 g/mol. The quantitative estimate of drug-likeness (QED) is 0.509. The third kappa shape index (κ3) is 1.49. The van der Waals surface area contributed by atoms with Crippen molar-refractivity contribution < 1.29 is 4.79 Å². The minimum absolute atomic E-state index is 0.219. The molecule has 16 heavy (non-hydrogen) atoms. The highest BCUT2D eigenvalue weighted by atomic mass is 16.1. The SMILES string of the molecule is C=CC1(C)CCC2CC1C(C)=CC2(C)C=O. The molecule has 0 aromatic carbocycles. The van der Waals surface area contributed by atoms with Gasteiger partial charge in [-0.05, 0) is 50.4 Å². The molecule has 1 heteroatoms. The summed E-state index contributed by atoms with van der Waals surface area (Å²) >= 11 is 0. The van der Waals surface area contributed by atoms with Crippen LogP contribution in [0.25, 0.3) is 0 Å². The standard InChI is InChI=1S/C15H22O/c1-5-14(3)7-6-12-8-13(14)11(2)9-15(12,4)10-16/h5,9-10,12-13H,1,6-8H2,2-4H3. The number of hydrogen-bond donors (Lipinski definition) is 0. The summed E-state index contributed by atoms with van der Waals surface area (Å²) in [6, 6.07) is 0. The predicted molar refractivity (Wildman–Crippen MR) is 67.1 cm³/mol. The summed E-state index contributed by atoms with van der Waals surface area (Å²) in [5.41, 5.74) is 1.40. The van der Waals surface area contributed by atoms with Crippen molar-refractivity contribution in [3.63, 3.8) is 0 Å². The fourth-order valence-electron chi connectivity index (χ4n) is 3.69. The van der Waals surface area contributed by atoms with Crippen LogP contribution in [0.3, 0.4) is 0 Å². The second-order valence-electron chi connectivity index (χ2n) is 6.11. The molecule has 2 rings (SSSR count). The number of hydrogen-bond acceptors (Lipinski definition) is 1. The molecule has 0 aromatic rings. The average Bonchev–Trinajstić information content (AvgIpc) is 2.28. The summed E-state index contributed by atoms with van der Waals surface area (Å²) in [6.07, 6.45) is 8.95. The molecule has 0 saturated heterocycles. The van der Waals surface area contributed by atoms with Gasteiger partial charge in [-0.3, -0.25) is 0 Å². The topological polar surface area (TPSA) is 17.1 Å². The van der Waals surface area contributed by atoms with Crippen LogP contribution in [0, 0.1) is 22.7 Å². The molecule has 2 aliphatic carbocycles. The van der Waals surface area contributed by atoms with Crippen LogP contribution >= 0.6 is 0 Å². The van der Waals surface area contributed by atoms with Gasteiger partial charge in [0.1, 0.15) is 6.29 Å². The van der Waals surface area contributed by atoms with E-state index < -0.39 is 0 Å². The lowest BCUT2D eigenvalue weighted by molar-refractivity contribution is -0.117. The Bertz CT molecular complexity index is 354. The summed E-state index contributed by atoms with van der Waals surface area (Å²) in [5, 5.41) is 0. The van der Waals surface area contributed by atoms with E-state index >= 15 is 0 Å². The van der Waals surface area contributed by atoms with Crippen molar-refractivity contribution >= 4 is 6.29 Å². The van der Waals surface area contributed by atoms with Gasteiger partial charge >= 0.3 is 0 Å². The first-order valence-corrected chi connectivity index (χ1v) is 6.24. The summed E-state index contributed by atoms with van der Waals surface area (Å²) in [6.45, 7) is 10.6. The minimum atomic E-state index is -0.219.